The summed E-state index contributed by atoms with van der Waals surface area (Å²) in [5.41, 5.74) is 7.10. The number of rotatable bonds is 9. The zero-order chi connectivity index (χ0) is 35.0. The largest absolute Gasteiger partial charge is 0.449 e. The van der Waals surface area contributed by atoms with Gasteiger partial charge in [-0.2, -0.15) is 0 Å². The molecule has 0 saturated heterocycles. The predicted molar refractivity (Wildman–Crippen MR) is 201 cm³/mol. The van der Waals surface area contributed by atoms with E-state index >= 15 is 0 Å². The van der Waals surface area contributed by atoms with Crippen LogP contribution in [0, 0.1) is 0 Å². The van der Waals surface area contributed by atoms with Crippen molar-refractivity contribution in [1.29, 1.82) is 0 Å². The number of carbonyl (C=O) groups excluding carboxylic acids is 2. The van der Waals surface area contributed by atoms with Crippen LogP contribution < -0.4 is 10.6 Å². The number of alkyl carbamates (subject to hydrolysis) is 1. The van der Waals surface area contributed by atoms with Gasteiger partial charge in [0.15, 0.2) is 13.9 Å². The maximum absolute atomic E-state index is 13.8. The molecule has 0 radical (unpaired) electrons. The molecule has 1 aliphatic rings. The van der Waals surface area contributed by atoms with Crippen molar-refractivity contribution < 1.29 is 23.2 Å². The lowest BCUT2D eigenvalue weighted by Crippen LogP contribution is -2.51. The summed E-state index contributed by atoms with van der Waals surface area (Å²) in [4.78, 5) is 31.8. The average molecular weight is 684 g/mol. The molecule has 2 N–H and O–H groups in total. The van der Waals surface area contributed by atoms with Gasteiger partial charge in [0, 0.05) is 17.2 Å². The van der Waals surface area contributed by atoms with Crippen LogP contribution in [0.25, 0.3) is 44.5 Å². The molecule has 6 aromatic rings. The molecule has 0 spiro atoms. The number of amides is 2. The third kappa shape index (κ3) is 6.66. The molecule has 8 nitrogen and oxygen atoms in total. The molecule has 0 fully saturated rings. The quantitative estimate of drug-likeness (QED) is 0.147. The van der Waals surface area contributed by atoms with E-state index < -0.39 is 26.4 Å². The fourth-order valence-electron chi connectivity index (χ4n) is 6.15. The first-order chi connectivity index (χ1) is 24.0. The van der Waals surface area contributed by atoms with E-state index in [1.54, 1.807) is 18.2 Å². The van der Waals surface area contributed by atoms with Crippen molar-refractivity contribution in [2.45, 2.75) is 50.9 Å². The van der Waals surface area contributed by atoms with Crippen LogP contribution >= 0.6 is 0 Å². The monoisotopic (exact) mass is 683 g/mol. The van der Waals surface area contributed by atoms with Gasteiger partial charge in [-0.05, 0) is 81.5 Å². The van der Waals surface area contributed by atoms with Gasteiger partial charge in [0.2, 0.25) is 11.8 Å². The van der Waals surface area contributed by atoms with Gasteiger partial charge in [-0.3, -0.25) is 4.79 Å². The lowest BCUT2D eigenvalue weighted by Gasteiger charge is -2.37. The molecule has 1 aromatic heterocycles. The molecule has 1 unspecified atom stereocenters. The lowest BCUT2D eigenvalue weighted by molar-refractivity contribution is -0.118. The van der Waals surface area contributed by atoms with Crippen LogP contribution in [0.1, 0.15) is 37.8 Å². The zero-order valence-corrected chi connectivity index (χ0v) is 29.9. The summed E-state index contributed by atoms with van der Waals surface area (Å²) < 4.78 is 18.3. The van der Waals surface area contributed by atoms with Crippen LogP contribution in [-0.4, -0.2) is 44.6 Å². The van der Waals surface area contributed by atoms with Crippen molar-refractivity contribution in [2.24, 2.45) is 0 Å². The van der Waals surface area contributed by atoms with E-state index in [1.807, 2.05) is 54.6 Å². The second-order valence-corrected chi connectivity index (χ2v) is 19.2. The van der Waals surface area contributed by atoms with E-state index in [4.69, 9.17) is 18.6 Å². The summed E-state index contributed by atoms with van der Waals surface area (Å²) in [5, 5.41) is 7.90. The summed E-state index contributed by atoms with van der Waals surface area (Å²) in [6, 6.07) is 34.8. The zero-order valence-electron chi connectivity index (χ0n) is 28.9. The third-order valence-electron chi connectivity index (χ3n) is 10.0. The highest BCUT2D eigenvalue weighted by Crippen LogP contribution is 2.44. The van der Waals surface area contributed by atoms with Crippen LogP contribution in [0.5, 0.6) is 0 Å². The second-order valence-electron chi connectivity index (χ2n) is 14.3. The summed E-state index contributed by atoms with van der Waals surface area (Å²) in [5.74, 6) is -0.0285. The van der Waals surface area contributed by atoms with Crippen molar-refractivity contribution >= 4 is 47.9 Å². The van der Waals surface area contributed by atoms with Gasteiger partial charge in [0.05, 0.1) is 6.61 Å². The maximum atomic E-state index is 13.8. The molecule has 5 aromatic carbocycles. The summed E-state index contributed by atoms with van der Waals surface area (Å²) >= 11 is 0. The van der Waals surface area contributed by atoms with Crippen LogP contribution in [0.4, 0.5) is 10.5 Å². The van der Waals surface area contributed by atoms with Gasteiger partial charge in [-0.1, -0.05) is 99.6 Å². The second kappa shape index (κ2) is 13.2. The molecular formula is C41H41N3O5Si. The Bertz CT molecular complexity index is 2170. The normalized spacial score (nSPS) is 13.5. The van der Waals surface area contributed by atoms with Gasteiger partial charge in [0.1, 0.15) is 18.2 Å². The van der Waals surface area contributed by atoms with Gasteiger partial charge in [0.25, 0.3) is 0 Å². The molecule has 0 saturated carbocycles. The Morgan fingerprint density at radius 3 is 2.20 bits per heavy atom. The number of nitrogens with one attached hydrogen (secondary N) is 2. The Kier molecular flexibility index (Phi) is 8.80. The number of aromatic nitrogens is 1. The fraction of sp³-hybridized carbons (Fsp3) is 0.244. The van der Waals surface area contributed by atoms with Gasteiger partial charge >= 0.3 is 6.09 Å². The third-order valence-corrected chi connectivity index (χ3v) is 14.5. The van der Waals surface area contributed by atoms with E-state index in [9.17, 15) is 9.59 Å². The van der Waals surface area contributed by atoms with E-state index in [-0.39, 0.29) is 24.2 Å². The van der Waals surface area contributed by atoms with Crippen molar-refractivity contribution in [3.8, 4) is 22.6 Å². The molecule has 0 bridgehead atoms. The number of benzene rings is 5. The molecule has 254 valence electrons. The number of nitrogens with zero attached hydrogens (tertiary/aromatic N) is 1. The molecular weight excluding hydrogens is 643 g/mol. The van der Waals surface area contributed by atoms with Crippen molar-refractivity contribution in [3.63, 3.8) is 0 Å². The highest BCUT2D eigenvalue weighted by atomic mass is 28.4. The van der Waals surface area contributed by atoms with Gasteiger partial charge in [-0.15, -0.1) is 0 Å². The van der Waals surface area contributed by atoms with Crippen LogP contribution in [-0.2, 0) is 14.0 Å². The lowest BCUT2D eigenvalue weighted by atomic mass is 9.98. The van der Waals surface area contributed by atoms with E-state index in [1.165, 1.54) is 0 Å². The molecule has 1 aliphatic carbocycles. The van der Waals surface area contributed by atoms with Crippen LogP contribution in [0.15, 0.2) is 114 Å². The van der Waals surface area contributed by atoms with Gasteiger partial charge < -0.3 is 24.2 Å². The van der Waals surface area contributed by atoms with Crippen molar-refractivity contribution in [1.82, 2.24) is 10.3 Å². The minimum Gasteiger partial charge on any atom is -0.449 e. The number of hydrogen-bond acceptors (Lipinski definition) is 6. The molecule has 50 heavy (non-hydrogen) atoms. The highest BCUT2D eigenvalue weighted by molar-refractivity contribution is 6.74. The standard InChI is InChI=1S/C41H41N3O5Si/c1-41(2,3)50(4,5)48-25-36(44-40(46)47-24-34-32-16-10-8-14-30(32)31-15-9-11-17-33(31)34)38(45)42-29-20-21-37-35(23-29)43-39(49-37)28-19-18-26-12-6-7-13-27(26)22-28/h6-23,34,36H,24-25H2,1-5H3,(H,42,45)(H,44,46). The first kappa shape index (κ1) is 33.3. The minimum atomic E-state index is -2.25. The molecule has 7 rings (SSSR count). The Morgan fingerprint density at radius 2 is 1.50 bits per heavy atom. The minimum absolute atomic E-state index is 0.00480. The fourth-order valence-corrected chi connectivity index (χ4v) is 7.17. The summed E-state index contributed by atoms with van der Waals surface area (Å²) in [6.45, 7) is 10.8. The highest BCUT2D eigenvalue weighted by Gasteiger charge is 2.39. The van der Waals surface area contributed by atoms with E-state index in [0.717, 1.165) is 38.6 Å². The Morgan fingerprint density at radius 1 is 0.840 bits per heavy atom. The van der Waals surface area contributed by atoms with Crippen LogP contribution in [0.3, 0.4) is 0 Å². The first-order valence-corrected chi connectivity index (χ1v) is 19.8. The van der Waals surface area contributed by atoms with Crippen molar-refractivity contribution in [3.05, 3.63) is 120 Å². The van der Waals surface area contributed by atoms with E-state index in [0.29, 0.717) is 22.7 Å². The Labute approximate surface area is 293 Å². The SMILES string of the molecule is CC(C)(C)[Si](C)(C)OCC(NC(=O)OCC1c2ccccc2-c2ccccc21)C(=O)Nc1ccc2oc(-c3ccc4ccccc4c3)nc2c1. The maximum Gasteiger partial charge on any atom is 0.407 e. The topological polar surface area (TPSA) is 103 Å². The van der Waals surface area contributed by atoms with Crippen molar-refractivity contribution in [2.75, 3.05) is 18.5 Å². The van der Waals surface area contributed by atoms with Gasteiger partial charge in [-0.25, -0.2) is 9.78 Å². The smallest absolute Gasteiger partial charge is 0.407 e. The average Bonchev–Trinajstić information content (AvgIpc) is 3.67. The molecule has 9 heteroatoms. The molecule has 1 heterocycles. The molecule has 0 aliphatic heterocycles. The number of hydrogen-bond donors (Lipinski definition) is 2. The number of ether oxygens (including phenoxy) is 1. The number of anilines is 1. The number of oxazole rings is 1. The molecule has 1 atom stereocenters. The summed E-state index contributed by atoms with van der Waals surface area (Å²) in [6.07, 6.45) is -0.683. The number of fused-ring (bicyclic) bond motifs is 5. The Hall–Kier alpha value is -5.25. The number of carbonyl (C=O) groups is 2. The summed E-state index contributed by atoms with van der Waals surface area (Å²) in [7, 11) is -2.25. The first-order valence-electron chi connectivity index (χ1n) is 16.9. The molecule has 2 amide bonds. The Balaban J connectivity index is 1.07. The van der Waals surface area contributed by atoms with Crippen LogP contribution in [0.2, 0.25) is 18.1 Å². The van der Waals surface area contributed by atoms with E-state index in [2.05, 4.69) is 80.9 Å². The predicted octanol–water partition coefficient (Wildman–Crippen LogP) is 9.52.